The van der Waals surface area contributed by atoms with Gasteiger partial charge in [-0.3, -0.25) is 0 Å². The fraction of sp³-hybridized carbons (Fsp3) is 0.333. The minimum atomic E-state index is -6.10. The third-order valence-electron chi connectivity index (χ3n) is 2.65. The Labute approximate surface area is 104 Å². The van der Waals surface area contributed by atoms with Crippen LogP contribution in [0, 0.1) is 0 Å². The first-order chi connectivity index (χ1) is 8.55. The van der Waals surface area contributed by atoms with E-state index in [-0.39, 0.29) is 0 Å². The number of halogens is 7. The van der Waals surface area contributed by atoms with Crippen LogP contribution in [0.1, 0.15) is 11.5 Å². The van der Waals surface area contributed by atoms with Crippen molar-refractivity contribution in [3.05, 3.63) is 48.6 Å². The van der Waals surface area contributed by atoms with Crippen molar-refractivity contribution in [3.63, 3.8) is 0 Å². The van der Waals surface area contributed by atoms with Crippen LogP contribution in [0.25, 0.3) is 0 Å². The van der Waals surface area contributed by atoms with Gasteiger partial charge in [0.25, 0.3) is 0 Å². The molecule has 0 fully saturated rings. The zero-order valence-electron chi connectivity index (χ0n) is 9.39. The number of alkyl halides is 7. The van der Waals surface area contributed by atoms with Gasteiger partial charge >= 0.3 is 18.0 Å². The van der Waals surface area contributed by atoms with Crippen molar-refractivity contribution >= 4 is 0 Å². The molecular formula is C12H9F7. The Morgan fingerprint density at radius 3 is 1.58 bits per heavy atom. The molecule has 1 aromatic rings. The number of allylic oxidation sites excluding steroid dienone is 1. The van der Waals surface area contributed by atoms with Crippen molar-refractivity contribution in [2.75, 3.05) is 0 Å². The van der Waals surface area contributed by atoms with Gasteiger partial charge in [-0.25, -0.2) is 4.39 Å². The summed E-state index contributed by atoms with van der Waals surface area (Å²) in [6.07, 6.45) is -11.9. The van der Waals surface area contributed by atoms with Crippen molar-refractivity contribution in [3.8, 4) is 0 Å². The monoisotopic (exact) mass is 286 g/mol. The molecule has 7 heteroatoms. The molecule has 0 spiro atoms. The summed E-state index contributed by atoms with van der Waals surface area (Å²) in [4.78, 5) is 0. The van der Waals surface area contributed by atoms with Crippen LogP contribution in [0.15, 0.2) is 43.0 Å². The van der Waals surface area contributed by atoms with Gasteiger partial charge < -0.3 is 0 Å². The zero-order chi connectivity index (χ0) is 14.9. The number of hydrogen-bond acceptors (Lipinski definition) is 0. The predicted molar refractivity (Wildman–Crippen MR) is 55.3 cm³/mol. The van der Waals surface area contributed by atoms with E-state index in [0.717, 1.165) is 12.1 Å². The Morgan fingerprint density at radius 2 is 1.26 bits per heavy atom. The largest absolute Gasteiger partial charge is 0.432 e. The molecule has 0 heterocycles. The summed E-state index contributed by atoms with van der Waals surface area (Å²) in [7, 11) is 0. The molecule has 0 aromatic heterocycles. The molecule has 0 aliphatic carbocycles. The number of rotatable bonds is 3. The molecule has 106 valence electrons. The van der Waals surface area contributed by atoms with Crippen molar-refractivity contribution in [1.82, 2.24) is 0 Å². The van der Waals surface area contributed by atoms with Crippen LogP contribution in [-0.2, 0) is 0 Å². The van der Waals surface area contributed by atoms with Crippen molar-refractivity contribution in [2.24, 2.45) is 0 Å². The lowest BCUT2D eigenvalue weighted by atomic mass is 9.82. The van der Waals surface area contributed by atoms with Crippen molar-refractivity contribution in [1.29, 1.82) is 0 Å². The molecule has 0 N–H and O–H groups in total. The van der Waals surface area contributed by atoms with E-state index in [1.165, 1.54) is 18.2 Å². The molecule has 0 aliphatic heterocycles. The summed E-state index contributed by atoms with van der Waals surface area (Å²) < 4.78 is 89.3. The van der Waals surface area contributed by atoms with Gasteiger partial charge in [-0.05, 0) is 5.56 Å². The molecule has 0 saturated heterocycles. The summed E-state index contributed by atoms with van der Waals surface area (Å²) in [5.74, 6) is -2.56. The fourth-order valence-electron chi connectivity index (χ4n) is 1.70. The Kier molecular flexibility index (Phi) is 3.97. The molecule has 1 atom stereocenters. The Morgan fingerprint density at radius 1 is 0.842 bits per heavy atom. The normalized spacial score (nSPS) is 15.1. The van der Waals surface area contributed by atoms with E-state index in [2.05, 4.69) is 6.58 Å². The Balaban J connectivity index is 3.44. The second-order valence-corrected chi connectivity index (χ2v) is 3.83. The first-order valence-corrected chi connectivity index (χ1v) is 5.05. The van der Waals surface area contributed by atoms with E-state index in [1.54, 1.807) is 0 Å². The smallest absolute Gasteiger partial charge is 0.222 e. The average molecular weight is 286 g/mol. The number of benzene rings is 1. The predicted octanol–water partition coefficient (Wildman–Crippen LogP) is 4.79. The summed E-state index contributed by atoms with van der Waals surface area (Å²) in [5.41, 5.74) is -5.82. The highest BCUT2D eigenvalue weighted by Crippen LogP contribution is 2.54. The van der Waals surface area contributed by atoms with Gasteiger partial charge in [0.15, 0.2) is 0 Å². The van der Waals surface area contributed by atoms with E-state index >= 15 is 0 Å². The molecule has 0 aliphatic rings. The van der Waals surface area contributed by atoms with Crippen LogP contribution in [0.3, 0.4) is 0 Å². The molecule has 1 rings (SSSR count). The van der Waals surface area contributed by atoms with E-state index in [9.17, 15) is 30.7 Å². The molecule has 0 radical (unpaired) electrons. The Hall–Kier alpha value is -1.53. The van der Waals surface area contributed by atoms with Gasteiger partial charge in [0.1, 0.15) is 0 Å². The molecule has 1 unspecified atom stereocenters. The summed E-state index contributed by atoms with van der Waals surface area (Å²) >= 11 is 0. The molecule has 19 heavy (non-hydrogen) atoms. The maximum Gasteiger partial charge on any atom is 0.432 e. The average Bonchev–Trinajstić information content (AvgIpc) is 2.28. The third-order valence-corrected chi connectivity index (χ3v) is 2.65. The van der Waals surface area contributed by atoms with E-state index in [0.29, 0.717) is 6.08 Å². The minimum absolute atomic E-state index is 0.316. The zero-order valence-corrected chi connectivity index (χ0v) is 9.39. The van der Waals surface area contributed by atoms with Gasteiger partial charge in [-0.15, -0.1) is 6.58 Å². The van der Waals surface area contributed by atoms with Gasteiger partial charge in [0, 0.05) is 0 Å². The van der Waals surface area contributed by atoms with E-state index in [1.807, 2.05) is 0 Å². The quantitative estimate of drug-likeness (QED) is 0.553. The lowest BCUT2D eigenvalue weighted by molar-refractivity contribution is -0.345. The second-order valence-electron chi connectivity index (χ2n) is 3.83. The summed E-state index contributed by atoms with van der Waals surface area (Å²) in [6.45, 7) is 2.89. The van der Waals surface area contributed by atoms with Crippen LogP contribution < -0.4 is 0 Å². The lowest BCUT2D eigenvalue weighted by Gasteiger charge is -2.35. The maximum absolute atomic E-state index is 13.8. The first-order valence-electron chi connectivity index (χ1n) is 5.05. The van der Waals surface area contributed by atoms with Crippen LogP contribution >= 0.6 is 0 Å². The fourth-order valence-corrected chi connectivity index (χ4v) is 1.70. The van der Waals surface area contributed by atoms with Crippen LogP contribution in [0.4, 0.5) is 30.7 Å². The van der Waals surface area contributed by atoms with Crippen LogP contribution in [-0.4, -0.2) is 18.0 Å². The van der Waals surface area contributed by atoms with Crippen molar-refractivity contribution in [2.45, 2.75) is 23.9 Å². The van der Waals surface area contributed by atoms with Crippen LogP contribution in [0.2, 0.25) is 0 Å². The standard InChI is InChI=1S/C12H9F7/c1-2-9(8-6-4-3-5-7-8)10(13,11(14,15)16)12(17,18)19/h2-7,9H,1H2. The van der Waals surface area contributed by atoms with Gasteiger partial charge in [0.05, 0.1) is 5.92 Å². The van der Waals surface area contributed by atoms with Gasteiger partial charge in [-0.1, -0.05) is 36.4 Å². The maximum atomic E-state index is 13.8. The van der Waals surface area contributed by atoms with Crippen molar-refractivity contribution < 1.29 is 30.7 Å². The van der Waals surface area contributed by atoms with Gasteiger partial charge in [-0.2, -0.15) is 26.3 Å². The minimum Gasteiger partial charge on any atom is -0.222 e. The molecule has 0 saturated carbocycles. The Bertz CT molecular complexity index is 416. The highest BCUT2D eigenvalue weighted by molar-refractivity contribution is 5.29. The molecule has 0 bridgehead atoms. The highest BCUT2D eigenvalue weighted by atomic mass is 19.4. The van der Waals surface area contributed by atoms with E-state index in [4.69, 9.17) is 0 Å². The molecule has 0 amide bonds. The topological polar surface area (TPSA) is 0 Å². The van der Waals surface area contributed by atoms with Crippen LogP contribution in [0.5, 0.6) is 0 Å². The molecular weight excluding hydrogens is 277 g/mol. The SMILES string of the molecule is C=CC(c1ccccc1)C(F)(C(F)(F)F)C(F)(F)F. The lowest BCUT2D eigenvalue weighted by Crippen LogP contribution is -2.56. The highest BCUT2D eigenvalue weighted by Gasteiger charge is 2.75. The first kappa shape index (κ1) is 15.5. The third kappa shape index (κ3) is 2.59. The second kappa shape index (κ2) is 4.86. The molecule has 0 nitrogen and oxygen atoms in total. The summed E-state index contributed by atoms with van der Waals surface area (Å²) in [5, 5.41) is 0. The number of hydrogen-bond donors (Lipinski definition) is 0. The van der Waals surface area contributed by atoms with E-state index < -0.39 is 29.5 Å². The summed E-state index contributed by atoms with van der Waals surface area (Å²) in [6, 6.07) is 5.80. The molecule has 1 aromatic carbocycles. The van der Waals surface area contributed by atoms with Gasteiger partial charge in [0.2, 0.25) is 0 Å².